The van der Waals surface area contributed by atoms with Crippen LogP contribution in [0.25, 0.3) is 0 Å². The van der Waals surface area contributed by atoms with E-state index >= 15 is 0 Å². The summed E-state index contributed by atoms with van der Waals surface area (Å²) in [5.74, 6) is -4.26. The summed E-state index contributed by atoms with van der Waals surface area (Å²) in [6, 6.07) is 5.86. The lowest BCUT2D eigenvalue weighted by molar-refractivity contribution is -0.160. The van der Waals surface area contributed by atoms with E-state index in [2.05, 4.69) is 14.7 Å². The van der Waals surface area contributed by atoms with Crippen LogP contribution >= 0.6 is 0 Å². The molecule has 0 aliphatic carbocycles. The van der Waals surface area contributed by atoms with Crippen molar-refractivity contribution in [3.63, 3.8) is 0 Å². The fourth-order valence-corrected chi connectivity index (χ4v) is 5.74. The summed E-state index contributed by atoms with van der Waals surface area (Å²) in [4.78, 5) is 33.0. The van der Waals surface area contributed by atoms with Crippen molar-refractivity contribution in [1.82, 2.24) is 9.97 Å². The van der Waals surface area contributed by atoms with Crippen molar-refractivity contribution in [3.05, 3.63) is 82.4 Å². The third-order valence-electron chi connectivity index (χ3n) is 8.07. The summed E-state index contributed by atoms with van der Waals surface area (Å²) in [5.41, 5.74) is 0.566. The monoisotopic (exact) mass is 733 g/mol. The number of nitrogens with zero attached hydrogens (tertiary/aromatic N) is 4. The van der Waals surface area contributed by atoms with Gasteiger partial charge >= 0.3 is 30.6 Å². The van der Waals surface area contributed by atoms with E-state index in [1.807, 2.05) is 0 Å². The Morgan fingerprint density at radius 3 is 2.24 bits per heavy atom. The third kappa shape index (κ3) is 9.17. The number of carboxylic acid groups (broad SMARTS) is 1. The molecule has 0 radical (unpaired) electrons. The Labute approximate surface area is 283 Å². The number of carbonyl (C=O) groups is 2. The minimum atomic E-state index is -4.99. The van der Waals surface area contributed by atoms with Gasteiger partial charge in [0.2, 0.25) is 0 Å². The number of ether oxygens (including phenoxy) is 2. The first-order chi connectivity index (χ1) is 23.7. The Balaban J connectivity index is 1.96. The number of rotatable bonds is 10. The van der Waals surface area contributed by atoms with E-state index in [1.54, 1.807) is 6.07 Å². The van der Waals surface area contributed by atoms with E-state index < -0.39 is 83.5 Å². The largest absolute Gasteiger partial charge is 0.490 e. The molecule has 0 saturated carbocycles. The zero-order valence-electron chi connectivity index (χ0n) is 26.4. The summed E-state index contributed by atoms with van der Waals surface area (Å²) in [6.45, 7) is -0.708. The SMILES string of the molecule is CC[C@]1(N)C[C@@H](C(c2cc(C#N)cc(C(F)(F)F)c2)c2ncc(OCCCC(=O)O)cn2)c2cc(C(F)(F)F)ccc2N1C(=O)OCC(F)(F)F. The number of carbonyl (C=O) groups excluding carboxylic acids is 1. The van der Waals surface area contributed by atoms with Crippen LogP contribution < -0.4 is 15.4 Å². The zero-order chi connectivity index (χ0) is 37.9. The molecule has 4 rings (SSSR count). The standard InChI is InChI=1S/C32H28F9N5O5/c1-2-29(43)12-23(22-11-19(31(36,37)38)5-6-24(22)46(29)28(49)51-16-30(33,34)35)26(18-8-17(13-42)9-20(10-18)32(39,40)41)27-44-14-21(15-45-27)50-7-3-4-25(47)48/h5-6,8-11,14-15,23,26H,2-4,7,12,16,43H2,1H3,(H,47,48)/t23-,26?,29-/m1/s1. The van der Waals surface area contributed by atoms with Crippen molar-refractivity contribution in [2.45, 2.75) is 68.6 Å². The molecule has 0 saturated heterocycles. The van der Waals surface area contributed by atoms with Gasteiger partial charge in [-0.1, -0.05) is 6.92 Å². The van der Waals surface area contributed by atoms with Crippen molar-refractivity contribution < 1.29 is 63.7 Å². The molecule has 1 aliphatic heterocycles. The van der Waals surface area contributed by atoms with Gasteiger partial charge in [0.25, 0.3) is 0 Å². The lowest BCUT2D eigenvalue weighted by atomic mass is 9.71. The quantitative estimate of drug-likeness (QED) is 0.159. The van der Waals surface area contributed by atoms with E-state index in [4.69, 9.17) is 15.6 Å². The molecule has 1 amide bonds. The molecule has 0 spiro atoms. The average molecular weight is 734 g/mol. The van der Waals surface area contributed by atoms with Crippen molar-refractivity contribution >= 4 is 17.7 Å². The van der Waals surface area contributed by atoms with Crippen molar-refractivity contribution in [3.8, 4) is 11.8 Å². The molecule has 1 aliphatic rings. The van der Waals surface area contributed by atoms with Gasteiger partial charge in [0.1, 0.15) is 5.82 Å². The van der Waals surface area contributed by atoms with Crippen LogP contribution in [0.3, 0.4) is 0 Å². The second-order valence-electron chi connectivity index (χ2n) is 11.6. The van der Waals surface area contributed by atoms with E-state index in [9.17, 15) is 54.4 Å². The van der Waals surface area contributed by atoms with E-state index in [0.717, 1.165) is 24.5 Å². The normalized spacial score (nSPS) is 18.4. The highest BCUT2D eigenvalue weighted by Gasteiger charge is 2.50. The fourth-order valence-electron chi connectivity index (χ4n) is 5.74. The van der Waals surface area contributed by atoms with Crippen LogP contribution in [0.2, 0.25) is 0 Å². The van der Waals surface area contributed by atoms with Gasteiger partial charge in [-0.05, 0) is 66.8 Å². The molecule has 3 N–H and O–H groups in total. The van der Waals surface area contributed by atoms with Gasteiger partial charge in [0.05, 0.1) is 59.0 Å². The molecule has 274 valence electrons. The number of fused-ring (bicyclic) bond motifs is 1. The number of amides is 1. The van der Waals surface area contributed by atoms with Crippen molar-refractivity contribution in [1.29, 1.82) is 5.26 Å². The highest BCUT2D eigenvalue weighted by molar-refractivity contribution is 5.91. The highest BCUT2D eigenvalue weighted by atomic mass is 19.4. The van der Waals surface area contributed by atoms with Crippen molar-refractivity contribution in [2.24, 2.45) is 5.73 Å². The van der Waals surface area contributed by atoms with Crippen LogP contribution in [0, 0.1) is 11.3 Å². The topological polar surface area (TPSA) is 152 Å². The fraction of sp³-hybridized carbons (Fsp3) is 0.406. The molecule has 2 heterocycles. The first-order valence-electron chi connectivity index (χ1n) is 15.0. The van der Waals surface area contributed by atoms with Gasteiger partial charge in [0.15, 0.2) is 12.4 Å². The molecular weight excluding hydrogens is 705 g/mol. The van der Waals surface area contributed by atoms with Crippen LogP contribution in [0.4, 0.5) is 50.0 Å². The van der Waals surface area contributed by atoms with Gasteiger partial charge in [0, 0.05) is 12.3 Å². The smallest absolute Gasteiger partial charge is 0.422 e. The van der Waals surface area contributed by atoms with Crippen LogP contribution in [0.1, 0.15) is 78.1 Å². The number of aromatic nitrogens is 2. The molecule has 3 aromatic rings. The van der Waals surface area contributed by atoms with Gasteiger partial charge in [-0.25, -0.2) is 14.8 Å². The molecule has 19 heteroatoms. The number of nitriles is 1. The van der Waals surface area contributed by atoms with Gasteiger partial charge in [-0.15, -0.1) is 0 Å². The molecule has 1 aromatic heterocycles. The first kappa shape index (κ1) is 38.7. The van der Waals surface area contributed by atoms with Crippen LogP contribution in [0.5, 0.6) is 5.75 Å². The molecule has 0 fully saturated rings. The third-order valence-corrected chi connectivity index (χ3v) is 8.07. The lowest BCUT2D eigenvalue weighted by Gasteiger charge is -2.48. The molecule has 0 bridgehead atoms. The maximum atomic E-state index is 14.1. The average Bonchev–Trinajstić information content (AvgIpc) is 3.04. The van der Waals surface area contributed by atoms with E-state index in [1.165, 1.54) is 6.92 Å². The van der Waals surface area contributed by atoms with Crippen LogP contribution in [-0.2, 0) is 21.9 Å². The summed E-state index contributed by atoms with van der Waals surface area (Å²) < 4.78 is 133. The number of nitrogens with two attached hydrogens (primary N) is 1. The molecule has 2 aromatic carbocycles. The molecule has 1 unspecified atom stereocenters. The number of alkyl halides is 9. The Hall–Kier alpha value is -5.12. The Bertz CT molecular complexity index is 1790. The summed E-state index contributed by atoms with van der Waals surface area (Å²) in [6.07, 6.45) is -15.3. The number of carboxylic acids is 1. The van der Waals surface area contributed by atoms with Crippen molar-refractivity contribution in [2.75, 3.05) is 18.1 Å². The van der Waals surface area contributed by atoms with E-state index in [0.29, 0.717) is 29.2 Å². The highest BCUT2D eigenvalue weighted by Crippen LogP contribution is 2.52. The minimum Gasteiger partial charge on any atom is -0.490 e. The second-order valence-corrected chi connectivity index (χ2v) is 11.6. The minimum absolute atomic E-state index is 0.00774. The number of hydrogen-bond acceptors (Lipinski definition) is 8. The Kier molecular flexibility index (Phi) is 11.1. The zero-order valence-corrected chi connectivity index (χ0v) is 26.4. The number of benzene rings is 2. The van der Waals surface area contributed by atoms with Crippen LogP contribution in [0.15, 0.2) is 48.8 Å². The summed E-state index contributed by atoms with van der Waals surface area (Å²) in [5, 5.41) is 18.4. The van der Waals surface area contributed by atoms with Gasteiger partial charge in [-0.3, -0.25) is 9.69 Å². The Morgan fingerprint density at radius 1 is 1.04 bits per heavy atom. The lowest BCUT2D eigenvalue weighted by Crippen LogP contribution is -2.62. The molecule has 51 heavy (non-hydrogen) atoms. The van der Waals surface area contributed by atoms with Gasteiger partial charge in [-0.2, -0.15) is 44.8 Å². The summed E-state index contributed by atoms with van der Waals surface area (Å²) >= 11 is 0. The Morgan fingerprint density at radius 2 is 1.69 bits per heavy atom. The maximum Gasteiger partial charge on any atom is 0.422 e. The predicted octanol–water partition coefficient (Wildman–Crippen LogP) is 7.52. The molecular formula is C32H28F9N5O5. The maximum absolute atomic E-state index is 14.1. The predicted molar refractivity (Wildman–Crippen MR) is 158 cm³/mol. The first-order valence-corrected chi connectivity index (χ1v) is 15.0. The second kappa shape index (κ2) is 14.6. The number of anilines is 1. The number of hydrogen-bond donors (Lipinski definition) is 2. The van der Waals surface area contributed by atoms with E-state index in [-0.39, 0.29) is 48.6 Å². The molecule has 10 nitrogen and oxygen atoms in total. The number of halogens is 9. The summed E-state index contributed by atoms with van der Waals surface area (Å²) in [7, 11) is 0. The van der Waals surface area contributed by atoms with Crippen LogP contribution in [-0.4, -0.2) is 52.2 Å². The van der Waals surface area contributed by atoms with Gasteiger partial charge < -0.3 is 20.3 Å². The number of aliphatic carboxylic acids is 1. The molecule has 3 atom stereocenters.